The summed E-state index contributed by atoms with van der Waals surface area (Å²) in [6.45, 7) is 2.31. The number of anilines is 1. The van der Waals surface area contributed by atoms with E-state index in [1.807, 2.05) is 18.2 Å². The molecule has 1 saturated carbocycles. The third-order valence-electron chi connectivity index (χ3n) is 5.98. The van der Waals surface area contributed by atoms with Gasteiger partial charge in [-0.2, -0.15) is 0 Å². The topological polar surface area (TPSA) is 79.9 Å². The van der Waals surface area contributed by atoms with Crippen LogP contribution in [0.1, 0.15) is 47.6 Å². The second-order valence-electron chi connectivity index (χ2n) is 8.41. The molecule has 1 saturated heterocycles. The van der Waals surface area contributed by atoms with E-state index in [9.17, 15) is 9.59 Å². The van der Waals surface area contributed by atoms with Crippen LogP contribution in [-0.2, 0) is 4.79 Å². The number of hydrogen-bond acceptors (Lipinski definition) is 5. The number of nitrogens with zero attached hydrogens (tertiary/aromatic N) is 1. The fourth-order valence-corrected chi connectivity index (χ4v) is 4.28. The molecule has 2 aromatic rings. The molecule has 2 fully saturated rings. The molecule has 2 amide bonds. The zero-order chi connectivity index (χ0) is 21.2. The van der Waals surface area contributed by atoms with Crippen LogP contribution < -0.4 is 20.1 Å². The Balaban J connectivity index is 1.22. The molecule has 31 heavy (non-hydrogen) atoms. The van der Waals surface area contributed by atoms with Crippen molar-refractivity contribution >= 4 is 17.5 Å². The molecular formula is C24H27N3O4. The summed E-state index contributed by atoms with van der Waals surface area (Å²) in [5.41, 5.74) is 2.36. The summed E-state index contributed by atoms with van der Waals surface area (Å²) >= 11 is 0. The summed E-state index contributed by atoms with van der Waals surface area (Å²) in [5, 5.41) is 5.93. The van der Waals surface area contributed by atoms with Crippen LogP contribution in [0.25, 0.3) is 0 Å². The van der Waals surface area contributed by atoms with Crippen LogP contribution in [0, 0.1) is 0 Å². The second kappa shape index (κ2) is 8.59. The van der Waals surface area contributed by atoms with Crippen molar-refractivity contribution in [1.82, 2.24) is 10.2 Å². The molecule has 2 N–H and O–H groups in total. The smallest absolute Gasteiger partial charge is 0.251 e. The number of hydrogen-bond donors (Lipinski definition) is 2. The molecule has 1 unspecified atom stereocenters. The maximum absolute atomic E-state index is 12.7. The van der Waals surface area contributed by atoms with Crippen LogP contribution in [0.3, 0.4) is 0 Å². The van der Waals surface area contributed by atoms with Crippen LogP contribution in [0.5, 0.6) is 11.5 Å². The number of fused-ring (bicyclic) bond motifs is 1. The van der Waals surface area contributed by atoms with Crippen molar-refractivity contribution in [1.29, 1.82) is 0 Å². The molecule has 3 aliphatic rings. The third-order valence-corrected chi connectivity index (χ3v) is 5.98. The largest absolute Gasteiger partial charge is 0.486 e. The Kier molecular flexibility index (Phi) is 5.51. The fourth-order valence-electron chi connectivity index (χ4n) is 4.28. The highest BCUT2D eigenvalue weighted by atomic mass is 16.6. The minimum atomic E-state index is -0.0863. The van der Waals surface area contributed by atoms with E-state index in [1.165, 1.54) is 0 Å². The summed E-state index contributed by atoms with van der Waals surface area (Å²) in [6.07, 6.45) is 4.14. The van der Waals surface area contributed by atoms with E-state index in [4.69, 9.17) is 9.47 Å². The van der Waals surface area contributed by atoms with E-state index in [2.05, 4.69) is 21.6 Å². The average molecular weight is 421 g/mol. The lowest BCUT2D eigenvalue weighted by atomic mass is 10.0. The van der Waals surface area contributed by atoms with Crippen LogP contribution in [-0.4, -0.2) is 49.1 Å². The number of likely N-dealkylation sites (tertiary alicyclic amines) is 1. The Labute approximate surface area is 181 Å². The van der Waals surface area contributed by atoms with Crippen LogP contribution in [0.2, 0.25) is 0 Å². The van der Waals surface area contributed by atoms with Gasteiger partial charge in [0, 0.05) is 23.3 Å². The van der Waals surface area contributed by atoms with E-state index < -0.39 is 0 Å². The number of amides is 2. The number of benzene rings is 2. The Morgan fingerprint density at radius 3 is 2.68 bits per heavy atom. The molecule has 162 valence electrons. The number of rotatable bonds is 6. The molecular weight excluding hydrogens is 394 g/mol. The highest BCUT2D eigenvalue weighted by Crippen LogP contribution is 2.37. The van der Waals surface area contributed by atoms with Gasteiger partial charge in [0.05, 0.1) is 6.54 Å². The first-order valence-electron chi connectivity index (χ1n) is 11.0. The predicted octanol–water partition coefficient (Wildman–Crippen LogP) is 3.13. The molecule has 1 atom stereocenters. The number of carbonyl (C=O) groups is 2. The van der Waals surface area contributed by atoms with Gasteiger partial charge >= 0.3 is 0 Å². The summed E-state index contributed by atoms with van der Waals surface area (Å²) in [5.74, 6) is 1.39. The highest BCUT2D eigenvalue weighted by molar-refractivity contribution is 5.97. The summed E-state index contributed by atoms with van der Waals surface area (Å²) < 4.78 is 11.3. The van der Waals surface area contributed by atoms with Crippen LogP contribution in [0.15, 0.2) is 42.5 Å². The van der Waals surface area contributed by atoms with E-state index >= 15 is 0 Å². The Morgan fingerprint density at radius 2 is 1.84 bits per heavy atom. The van der Waals surface area contributed by atoms with Crippen LogP contribution >= 0.6 is 0 Å². The Hall–Kier alpha value is -3.06. The van der Waals surface area contributed by atoms with Gasteiger partial charge in [-0.1, -0.05) is 12.1 Å². The molecule has 0 aromatic heterocycles. The fraction of sp³-hybridized carbons (Fsp3) is 0.417. The molecule has 1 aliphatic carbocycles. The van der Waals surface area contributed by atoms with Gasteiger partial charge in [0.25, 0.3) is 5.91 Å². The van der Waals surface area contributed by atoms with Gasteiger partial charge in [0.15, 0.2) is 11.5 Å². The highest BCUT2D eigenvalue weighted by Gasteiger charge is 2.29. The minimum absolute atomic E-state index is 0.0794. The maximum Gasteiger partial charge on any atom is 0.251 e. The number of ether oxygens (including phenoxy) is 2. The van der Waals surface area contributed by atoms with Crippen molar-refractivity contribution in [3.63, 3.8) is 0 Å². The van der Waals surface area contributed by atoms with Crippen molar-refractivity contribution in [3.8, 4) is 11.5 Å². The van der Waals surface area contributed by atoms with Crippen molar-refractivity contribution in [2.45, 2.75) is 37.8 Å². The molecule has 0 radical (unpaired) electrons. The normalized spacial score (nSPS) is 20.3. The lowest BCUT2D eigenvalue weighted by Gasteiger charge is -2.26. The van der Waals surface area contributed by atoms with Crippen molar-refractivity contribution in [3.05, 3.63) is 53.6 Å². The molecule has 7 nitrogen and oxygen atoms in total. The standard InChI is InChI=1S/C24H27N3O4/c28-23(25-19-4-1-3-17(13-19)24(29)26-18-7-8-18)15-27-10-2-5-20(27)16-6-9-21-22(14-16)31-12-11-30-21/h1,3-4,6,9,13-14,18,20H,2,5,7-8,10-12,15H2,(H,25,28)(H,26,29). The van der Waals surface area contributed by atoms with Gasteiger partial charge in [0.2, 0.25) is 5.91 Å². The predicted molar refractivity (Wildman–Crippen MR) is 117 cm³/mol. The molecule has 2 aromatic carbocycles. The zero-order valence-corrected chi connectivity index (χ0v) is 17.4. The maximum atomic E-state index is 12.7. The summed E-state index contributed by atoms with van der Waals surface area (Å²) in [7, 11) is 0. The molecule has 5 rings (SSSR count). The molecule has 2 heterocycles. The number of nitrogens with one attached hydrogen (secondary N) is 2. The van der Waals surface area contributed by atoms with Crippen molar-refractivity contribution in [2.24, 2.45) is 0 Å². The Bertz CT molecular complexity index is 989. The number of carbonyl (C=O) groups excluding carboxylic acids is 2. The van der Waals surface area contributed by atoms with Crippen molar-refractivity contribution < 1.29 is 19.1 Å². The van der Waals surface area contributed by atoms with E-state index in [1.54, 1.807) is 18.2 Å². The van der Waals surface area contributed by atoms with Gasteiger partial charge in [-0.15, -0.1) is 0 Å². The summed E-state index contributed by atoms with van der Waals surface area (Å²) in [6, 6.07) is 13.7. The molecule has 0 bridgehead atoms. The van der Waals surface area contributed by atoms with Crippen molar-refractivity contribution in [2.75, 3.05) is 31.6 Å². The van der Waals surface area contributed by atoms with Gasteiger partial charge < -0.3 is 20.1 Å². The van der Waals surface area contributed by atoms with E-state index in [-0.39, 0.29) is 17.9 Å². The Morgan fingerprint density at radius 1 is 1.00 bits per heavy atom. The zero-order valence-electron chi connectivity index (χ0n) is 17.4. The molecule has 7 heteroatoms. The van der Waals surface area contributed by atoms with Gasteiger partial charge in [-0.05, 0) is 68.1 Å². The monoisotopic (exact) mass is 421 g/mol. The third kappa shape index (κ3) is 4.66. The second-order valence-corrected chi connectivity index (χ2v) is 8.41. The quantitative estimate of drug-likeness (QED) is 0.749. The lowest BCUT2D eigenvalue weighted by molar-refractivity contribution is -0.117. The van der Waals surface area contributed by atoms with Gasteiger partial charge in [0.1, 0.15) is 13.2 Å². The van der Waals surface area contributed by atoms with Gasteiger partial charge in [-0.25, -0.2) is 0 Å². The van der Waals surface area contributed by atoms with Gasteiger partial charge in [-0.3, -0.25) is 14.5 Å². The minimum Gasteiger partial charge on any atom is -0.486 e. The first-order valence-corrected chi connectivity index (χ1v) is 11.0. The lowest BCUT2D eigenvalue weighted by Crippen LogP contribution is -2.33. The average Bonchev–Trinajstić information content (AvgIpc) is 3.48. The summed E-state index contributed by atoms with van der Waals surface area (Å²) in [4.78, 5) is 27.2. The molecule has 0 spiro atoms. The first-order chi connectivity index (χ1) is 15.2. The SMILES string of the molecule is O=C(CN1CCCC1c1ccc2c(c1)OCCO2)Nc1cccc(C(=O)NC2CC2)c1. The van der Waals surface area contributed by atoms with E-state index in [0.29, 0.717) is 37.1 Å². The van der Waals surface area contributed by atoms with E-state index in [0.717, 1.165) is 49.3 Å². The first kappa shape index (κ1) is 19.9. The van der Waals surface area contributed by atoms with Crippen LogP contribution in [0.4, 0.5) is 5.69 Å². The molecule has 2 aliphatic heterocycles.